The van der Waals surface area contributed by atoms with Gasteiger partial charge in [0.2, 0.25) is 5.91 Å². The van der Waals surface area contributed by atoms with E-state index >= 15 is 0 Å². The summed E-state index contributed by atoms with van der Waals surface area (Å²) >= 11 is 5.47. The Morgan fingerprint density at radius 3 is 2.28 bits per heavy atom. The summed E-state index contributed by atoms with van der Waals surface area (Å²) in [4.78, 5) is 19.7. The van der Waals surface area contributed by atoms with Crippen molar-refractivity contribution in [2.75, 3.05) is 23.7 Å². The summed E-state index contributed by atoms with van der Waals surface area (Å²) in [5, 5.41) is 5.34. The quantitative estimate of drug-likeness (QED) is 0.255. The minimum atomic E-state index is -2.63. The summed E-state index contributed by atoms with van der Waals surface area (Å²) in [6, 6.07) is 16.6. The molecule has 0 spiro atoms. The molecule has 3 rings (SSSR count). The Bertz CT molecular complexity index is 1040. The minimum Gasteiger partial charge on any atom is -0.369 e. The number of halogens is 4. The Labute approximate surface area is 188 Å². The fourth-order valence-corrected chi connectivity index (χ4v) is 2.72. The molecular formula is C22H21ClF3N5O. The highest BCUT2D eigenvalue weighted by Crippen LogP contribution is 2.27. The number of nitrogens with one attached hydrogen (secondary N) is 2. The molecule has 3 aromatic rings. The molecule has 0 aliphatic rings. The maximum atomic E-state index is 13.1. The van der Waals surface area contributed by atoms with Gasteiger partial charge in [0, 0.05) is 28.7 Å². The van der Waals surface area contributed by atoms with Gasteiger partial charge in [-0.1, -0.05) is 30.3 Å². The highest BCUT2D eigenvalue weighted by molar-refractivity contribution is 6.29. The third-order valence-electron chi connectivity index (χ3n) is 4.06. The second-order valence-corrected chi connectivity index (χ2v) is 6.44. The molecule has 0 aliphatic carbocycles. The van der Waals surface area contributed by atoms with E-state index in [-0.39, 0.29) is 29.0 Å². The smallest absolute Gasteiger partial charge is 0.265 e. The molecule has 0 fully saturated rings. The first kappa shape index (κ1) is 24.7. The van der Waals surface area contributed by atoms with Crippen molar-refractivity contribution in [3.05, 3.63) is 72.4 Å². The zero-order valence-electron chi connectivity index (χ0n) is 17.0. The van der Waals surface area contributed by atoms with Crippen molar-refractivity contribution in [1.29, 1.82) is 0 Å². The number of hydrogen-bond acceptors (Lipinski definition) is 3. The van der Waals surface area contributed by atoms with Crippen LogP contribution in [0.1, 0.15) is 12.0 Å². The summed E-state index contributed by atoms with van der Waals surface area (Å²) in [6.07, 6.45) is -1.01. The first-order valence-corrected chi connectivity index (χ1v) is 9.78. The molecular weight excluding hydrogens is 443 g/mol. The minimum absolute atomic E-state index is 0.0530. The van der Waals surface area contributed by atoms with Crippen molar-refractivity contribution >= 4 is 40.7 Å². The summed E-state index contributed by atoms with van der Waals surface area (Å²) < 4.78 is 35.6. The van der Waals surface area contributed by atoms with Crippen LogP contribution in [0.15, 0.2) is 71.9 Å². The number of nitrogens with two attached hydrogens (primary N) is 1. The number of carbonyl (C=O) groups is 1. The number of amides is 1. The van der Waals surface area contributed by atoms with Gasteiger partial charge in [-0.2, -0.15) is 4.99 Å². The number of para-hydroxylation sites is 1. The maximum Gasteiger partial charge on any atom is 0.265 e. The van der Waals surface area contributed by atoms with E-state index in [9.17, 15) is 18.0 Å². The number of aromatic nitrogens is 1. The Balaban J connectivity index is 0.00000176. The number of pyridine rings is 1. The number of nitrogens with zero attached hydrogens (tertiary/aromatic N) is 2. The van der Waals surface area contributed by atoms with Gasteiger partial charge in [-0.3, -0.25) is 9.18 Å². The molecule has 0 atom stereocenters. The van der Waals surface area contributed by atoms with E-state index in [1.807, 2.05) is 12.1 Å². The van der Waals surface area contributed by atoms with E-state index in [2.05, 4.69) is 20.6 Å². The van der Waals surface area contributed by atoms with Crippen molar-refractivity contribution in [2.24, 2.45) is 10.7 Å². The van der Waals surface area contributed by atoms with Gasteiger partial charge >= 0.3 is 0 Å². The first-order valence-electron chi connectivity index (χ1n) is 9.24. The molecule has 0 saturated carbocycles. The van der Waals surface area contributed by atoms with E-state index in [4.69, 9.17) is 17.3 Å². The van der Waals surface area contributed by atoms with Crippen molar-refractivity contribution in [3.8, 4) is 11.1 Å². The van der Waals surface area contributed by atoms with Gasteiger partial charge < -0.3 is 16.4 Å². The lowest BCUT2D eigenvalue weighted by Gasteiger charge is -2.10. The van der Waals surface area contributed by atoms with E-state index in [0.717, 1.165) is 11.1 Å². The van der Waals surface area contributed by atoms with Crippen LogP contribution in [-0.4, -0.2) is 29.9 Å². The second kappa shape index (κ2) is 12.3. The van der Waals surface area contributed by atoms with Crippen LogP contribution < -0.4 is 16.4 Å². The number of aliphatic imine (C=N–C) groups is 1. The van der Waals surface area contributed by atoms with E-state index in [0.29, 0.717) is 18.7 Å². The highest BCUT2D eigenvalue weighted by Gasteiger charge is 2.12. The molecule has 6 nitrogen and oxygen atoms in total. The van der Waals surface area contributed by atoms with Crippen LogP contribution in [0.25, 0.3) is 11.1 Å². The van der Waals surface area contributed by atoms with E-state index in [1.54, 1.807) is 36.5 Å². The number of carbonyl (C=O) groups excluding carboxylic acids is 1. The van der Waals surface area contributed by atoms with Crippen LogP contribution in [-0.2, 0) is 4.79 Å². The van der Waals surface area contributed by atoms with Gasteiger partial charge in [-0.15, -0.1) is 11.6 Å². The van der Waals surface area contributed by atoms with Crippen molar-refractivity contribution < 1.29 is 18.0 Å². The predicted molar refractivity (Wildman–Crippen MR) is 122 cm³/mol. The Hall–Kier alpha value is -3.59. The zero-order chi connectivity index (χ0) is 23.5. The Kier molecular flexibility index (Phi) is 9.49. The zero-order valence-corrected chi connectivity index (χ0v) is 17.8. The molecule has 0 unspecified atom stereocenters. The molecule has 32 heavy (non-hydrogen) atoms. The molecule has 2 aromatic carbocycles. The Morgan fingerprint density at radius 2 is 1.69 bits per heavy atom. The van der Waals surface area contributed by atoms with Gasteiger partial charge in [0.15, 0.2) is 11.8 Å². The molecule has 1 aromatic heterocycles. The molecule has 0 aliphatic heterocycles. The molecule has 10 heteroatoms. The third-order valence-corrected chi connectivity index (χ3v) is 4.31. The molecule has 0 bridgehead atoms. The van der Waals surface area contributed by atoms with Crippen molar-refractivity contribution in [2.45, 2.75) is 6.43 Å². The SMILES string of the molecule is CF.NC(=Nc1ccc(-c2ccc(NC(=O)CCl)cc2)cn1)Nc1ccccc1C(F)F. The lowest BCUT2D eigenvalue weighted by atomic mass is 10.1. The van der Waals surface area contributed by atoms with Crippen LogP contribution in [0.5, 0.6) is 0 Å². The number of alkyl halides is 4. The van der Waals surface area contributed by atoms with Crippen molar-refractivity contribution in [1.82, 2.24) is 4.98 Å². The largest absolute Gasteiger partial charge is 0.369 e. The van der Waals surface area contributed by atoms with Gasteiger partial charge in [-0.05, 0) is 35.9 Å². The van der Waals surface area contributed by atoms with Crippen LogP contribution in [0.3, 0.4) is 0 Å². The lowest BCUT2D eigenvalue weighted by Crippen LogP contribution is -2.22. The number of anilines is 2. The van der Waals surface area contributed by atoms with Gasteiger partial charge in [0.25, 0.3) is 6.43 Å². The lowest BCUT2D eigenvalue weighted by molar-refractivity contribution is -0.113. The monoisotopic (exact) mass is 463 g/mol. The number of rotatable bonds is 6. The van der Waals surface area contributed by atoms with Gasteiger partial charge in [0.05, 0.1) is 7.18 Å². The topological polar surface area (TPSA) is 92.4 Å². The first-order chi connectivity index (χ1) is 15.5. The van der Waals surface area contributed by atoms with Crippen LogP contribution >= 0.6 is 11.6 Å². The third kappa shape index (κ3) is 6.98. The number of benzene rings is 2. The molecule has 1 amide bonds. The van der Waals surface area contributed by atoms with E-state index < -0.39 is 6.43 Å². The predicted octanol–water partition coefficient (Wildman–Crippen LogP) is 5.51. The Morgan fingerprint density at radius 1 is 1.03 bits per heavy atom. The van der Waals surface area contributed by atoms with Crippen LogP contribution in [0, 0.1) is 0 Å². The highest BCUT2D eigenvalue weighted by atomic mass is 35.5. The normalized spacial score (nSPS) is 10.9. The van der Waals surface area contributed by atoms with Crippen LogP contribution in [0.2, 0.25) is 0 Å². The average Bonchev–Trinajstić information content (AvgIpc) is 2.81. The van der Waals surface area contributed by atoms with E-state index in [1.165, 1.54) is 18.2 Å². The molecule has 168 valence electrons. The van der Waals surface area contributed by atoms with Crippen LogP contribution in [0.4, 0.5) is 30.4 Å². The fourth-order valence-electron chi connectivity index (χ4n) is 2.65. The van der Waals surface area contributed by atoms with Gasteiger partial charge in [0.1, 0.15) is 5.88 Å². The number of guanidine groups is 1. The molecule has 0 saturated heterocycles. The molecule has 1 heterocycles. The maximum absolute atomic E-state index is 13.1. The molecule has 4 N–H and O–H groups in total. The number of hydrogen-bond donors (Lipinski definition) is 3. The summed E-state index contributed by atoms with van der Waals surface area (Å²) in [7, 11) is 0.500. The average molecular weight is 464 g/mol. The van der Waals surface area contributed by atoms with Gasteiger partial charge in [-0.25, -0.2) is 13.8 Å². The summed E-state index contributed by atoms with van der Waals surface area (Å²) in [5.74, 6) is -0.123. The summed E-state index contributed by atoms with van der Waals surface area (Å²) in [6.45, 7) is 0. The second-order valence-electron chi connectivity index (χ2n) is 6.17. The standard InChI is InChI=1S/C21H18ClF2N5O.CH3F/c22-11-19(30)27-15-8-5-13(6-9-15)14-7-10-18(26-12-14)29-21(25)28-17-4-2-1-3-16(17)20(23)24;1-2/h1-10,12,20H,11H2,(H,27,30)(H3,25,26,28,29);1H3. The summed E-state index contributed by atoms with van der Waals surface area (Å²) in [5.41, 5.74) is 8.22. The fraction of sp³-hybridized carbons (Fsp3) is 0.136. The molecule has 0 radical (unpaired) electrons. The van der Waals surface area contributed by atoms with Crippen molar-refractivity contribution in [3.63, 3.8) is 0 Å².